The summed E-state index contributed by atoms with van der Waals surface area (Å²) in [6.07, 6.45) is 7.86. The fourth-order valence-corrected chi connectivity index (χ4v) is 3.47. The van der Waals surface area contributed by atoms with Gasteiger partial charge in [0, 0.05) is 36.5 Å². The van der Waals surface area contributed by atoms with Crippen molar-refractivity contribution >= 4 is 11.8 Å². The van der Waals surface area contributed by atoms with Crippen LogP contribution in [0.4, 0.5) is 0 Å². The van der Waals surface area contributed by atoms with Gasteiger partial charge in [-0.2, -0.15) is 11.8 Å². The van der Waals surface area contributed by atoms with Gasteiger partial charge in [-0.3, -0.25) is 4.90 Å². The molecule has 0 radical (unpaired) electrons. The molecule has 1 aliphatic heterocycles. The molecule has 0 aromatic rings. The molecule has 1 spiro atoms. The average molecular weight is 242 g/mol. The zero-order chi connectivity index (χ0) is 11.6. The number of rotatable bonds is 3. The lowest BCUT2D eigenvalue weighted by Gasteiger charge is -2.46. The van der Waals surface area contributed by atoms with Gasteiger partial charge in [0.05, 0.1) is 0 Å². The topological polar surface area (TPSA) is 15.3 Å². The van der Waals surface area contributed by atoms with Gasteiger partial charge < -0.3 is 5.32 Å². The predicted molar refractivity (Wildman–Crippen MR) is 73.2 cm³/mol. The minimum atomic E-state index is 0.477. The molecule has 94 valence electrons. The highest BCUT2D eigenvalue weighted by molar-refractivity contribution is 7.99. The zero-order valence-electron chi connectivity index (χ0n) is 11.0. The largest absolute Gasteiger partial charge is 0.308 e. The van der Waals surface area contributed by atoms with Crippen molar-refractivity contribution in [3.8, 4) is 0 Å². The molecule has 2 rings (SSSR count). The molecule has 16 heavy (non-hydrogen) atoms. The molecule has 1 saturated heterocycles. The maximum Gasteiger partial charge on any atom is 0.0309 e. The van der Waals surface area contributed by atoms with E-state index < -0.39 is 0 Å². The van der Waals surface area contributed by atoms with Gasteiger partial charge in [0.1, 0.15) is 0 Å². The van der Waals surface area contributed by atoms with Crippen molar-refractivity contribution < 1.29 is 0 Å². The van der Waals surface area contributed by atoms with E-state index in [1.165, 1.54) is 45.3 Å². The third-order valence-electron chi connectivity index (χ3n) is 4.36. The van der Waals surface area contributed by atoms with Gasteiger partial charge in [0.25, 0.3) is 0 Å². The van der Waals surface area contributed by atoms with Gasteiger partial charge >= 0.3 is 0 Å². The molecule has 0 amide bonds. The molecule has 0 aromatic carbocycles. The summed E-state index contributed by atoms with van der Waals surface area (Å²) in [5.41, 5.74) is 0.477. The van der Waals surface area contributed by atoms with Gasteiger partial charge in [-0.05, 0) is 26.0 Å². The fourth-order valence-electron chi connectivity index (χ4n) is 3.13. The summed E-state index contributed by atoms with van der Waals surface area (Å²) in [6.45, 7) is 8.43. The molecular weight excluding hydrogens is 216 g/mol. The molecule has 1 N–H and O–H groups in total. The van der Waals surface area contributed by atoms with Gasteiger partial charge in [-0.25, -0.2) is 0 Å². The summed E-state index contributed by atoms with van der Waals surface area (Å²) in [4.78, 5) is 2.71. The minimum Gasteiger partial charge on any atom is -0.308 e. The first kappa shape index (κ1) is 12.7. The molecule has 2 fully saturated rings. The number of nitrogens with zero attached hydrogens (tertiary/aromatic N) is 1. The summed E-state index contributed by atoms with van der Waals surface area (Å²) in [5.74, 6) is 0. The lowest BCUT2D eigenvalue weighted by atomic mass is 9.92. The average Bonchev–Trinajstić information content (AvgIpc) is 2.72. The predicted octanol–water partition coefficient (Wildman–Crippen LogP) is 2.34. The first-order chi connectivity index (χ1) is 7.65. The van der Waals surface area contributed by atoms with Crippen molar-refractivity contribution in [1.29, 1.82) is 0 Å². The Kier molecular flexibility index (Phi) is 4.20. The maximum absolute atomic E-state index is 3.82. The zero-order valence-corrected chi connectivity index (χ0v) is 11.8. The summed E-state index contributed by atoms with van der Waals surface area (Å²) in [6, 6.07) is 0.709. The van der Waals surface area contributed by atoms with Crippen molar-refractivity contribution in [1.82, 2.24) is 10.2 Å². The summed E-state index contributed by atoms with van der Waals surface area (Å²) in [5, 5.41) is 4.58. The van der Waals surface area contributed by atoms with Gasteiger partial charge in [0.15, 0.2) is 0 Å². The van der Waals surface area contributed by atoms with Crippen LogP contribution >= 0.6 is 11.8 Å². The second kappa shape index (κ2) is 5.28. The van der Waals surface area contributed by atoms with E-state index in [0.717, 1.165) is 5.25 Å². The maximum atomic E-state index is 3.82. The first-order valence-corrected chi connectivity index (χ1v) is 7.96. The Hall–Kier alpha value is 0.270. The van der Waals surface area contributed by atoms with E-state index in [0.29, 0.717) is 11.6 Å². The smallest absolute Gasteiger partial charge is 0.0309 e. The molecule has 2 atom stereocenters. The molecule has 1 aliphatic carbocycles. The molecule has 2 nitrogen and oxygen atoms in total. The lowest BCUT2D eigenvalue weighted by molar-refractivity contribution is 0.0907. The molecule has 0 aromatic heterocycles. The molecule has 2 aliphatic rings. The Morgan fingerprint density at radius 2 is 2.12 bits per heavy atom. The Balaban J connectivity index is 1.94. The highest BCUT2D eigenvalue weighted by Gasteiger charge is 2.39. The minimum absolute atomic E-state index is 0.477. The Morgan fingerprint density at radius 3 is 2.75 bits per heavy atom. The molecule has 0 bridgehead atoms. The monoisotopic (exact) mass is 242 g/mol. The number of piperazine rings is 1. The number of hydrogen-bond acceptors (Lipinski definition) is 3. The molecular formula is C13H26N2S. The van der Waals surface area contributed by atoms with Gasteiger partial charge in [0.2, 0.25) is 0 Å². The van der Waals surface area contributed by atoms with Crippen LogP contribution in [0.3, 0.4) is 0 Å². The van der Waals surface area contributed by atoms with Crippen LogP contribution in [-0.4, -0.2) is 47.6 Å². The Bertz CT molecular complexity index is 226. The third kappa shape index (κ3) is 2.74. The summed E-state index contributed by atoms with van der Waals surface area (Å²) in [7, 11) is 0. The van der Waals surface area contributed by atoms with E-state index in [9.17, 15) is 0 Å². The van der Waals surface area contributed by atoms with Gasteiger partial charge in [-0.15, -0.1) is 0 Å². The third-order valence-corrected chi connectivity index (χ3v) is 5.31. The van der Waals surface area contributed by atoms with Crippen LogP contribution in [0.1, 0.15) is 39.5 Å². The van der Waals surface area contributed by atoms with Crippen LogP contribution < -0.4 is 5.32 Å². The van der Waals surface area contributed by atoms with E-state index in [2.05, 4.69) is 30.3 Å². The van der Waals surface area contributed by atoms with Crippen molar-refractivity contribution in [2.45, 2.75) is 56.4 Å². The van der Waals surface area contributed by atoms with Crippen LogP contribution in [0.2, 0.25) is 0 Å². The molecule has 1 saturated carbocycles. The number of thioether (sulfide) groups is 1. The van der Waals surface area contributed by atoms with E-state index in [1.54, 1.807) is 0 Å². The van der Waals surface area contributed by atoms with Crippen molar-refractivity contribution in [3.63, 3.8) is 0 Å². The van der Waals surface area contributed by atoms with Crippen molar-refractivity contribution in [2.24, 2.45) is 0 Å². The fraction of sp³-hybridized carbons (Fsp3) is 1.00. The second-order valence-corrected chi connectivity index (χ2v) is 6.97. The van der Waals surface area contributed by atoms with E-state index in [4.69, 9.17) is 0 Å². The van der Waals surface area contributed by atoms with E-state index >= 15 is 0 Å². The van der Waals surface area contributed by atoms with Gasteiger partial charge in [-0.1, -0.05) is 19.8 Å². The molecule has 3 heteroatoms. The quantitative estimate of drug-likeness (QED) is 0.818. The van der Waals surface area contributed by atoms with Crippen molar-refractivity contribution in [3.05, 3.63) is 0 Å². The summed E-state index contributed by atoms with van der Waals surface area (Å²) < 4.78 is 0. The first-order valence-electron chi connectivity index (χ1n) is 6.67. The Morgan fingerprint density at radius 1 is 1.44 bits per heavy atom. The van der Waals surface area contributed by atoms with Crippen molar-refractivity contribution in [2.75, 3.05) is 25.9 Å². The highest BCUT2D eigenvalue weighted by Crippen LogP contribution is 2.33. The van der Waals surface area contributed by atoms with E-state index in [1.807, 2.05) is 11.8 Å². The van der Waals surface area contributed by atoms with Crippen LogP contribution in [0.15, 0.2) is 0 Å². The molecule has 1 heterocycles. The summed E-state index contributed by atoms with van der Waals surface area (Å²) >= 11 is 1.99. The Labute approximate surface area is 105 Å². The number of hydrogen-bond donors (Lipinski definition) is 1. The van der Waals surface area contributed by atoms with E-state index in [-0.39, 0.29) is 0 Å². The normalized spacial score (nSPS) is 32.1. The SMILES string of the molecule is CSC(C)CN1CC2(CCCC2)NCC1C. The van der Waals surface area contributed by atoms with Crippen LogP contribution in [0.25, 0.3) is 0 Å². The number of nitrogens with one attached hydrogen (secondary N) is 1. The lowest BCUT2D eigenvalue weighted by Crippen LogP contribution is -2.63. The highest BCUT2D eigenvalue weighted by atomic mass is 32.2. The van der Waals surface area contributed by atoms with Crippen LogP contribution in [0, 0.1) is 0 Å². The standard InChI is InChI=1S/C13H26N2S/c1-11-8-14-13(6-4-5-7-13)10-15(11)9-12(2)16-3/h11-12,14H,4-10H2,1-3H3. The molecule has 2 unspecified atom stereocenters. The van der Waals surface area contributed by atoms with Crippen LogP contribution in [0.5, 0.6) is 0 Å². The van der Waals surface area contributed by atoms with Crippen LogP contribution in [-0.2, 0) is 0 Å². The second-order valence-electron chi connectivity index (χ2n) is 5.69.